The molecule has 0 aliphatic carbocycles. The summed E-state index contributed by atoms with van der Waals surface area (Å²) < 4.78 is 0. The Bertz CT molecular complexity index is 754. The number of fused-ring (bicyclic) bond motifs is 1. The molecule has 3 aromatic rings. The van der Waals surface area contributed by atoms with Crippen molar-refractivity contribution in [1.82, 2.24) is 4.98 Å². The maximum Gasteiger partial charge on any atom is 0.111 e. The monoisotopic (exact) mass is 249 g/mol. The van der Waals surface area contributed by atoms with Crippen molar-refractivity contribution >= 4 is 22.3 Å². The molecule has 0 aliphatic heterocycles. The van der Waals surface area contributed by atoms with Crippen molar-refractivity contribution in [1.29, 1.82) is 0 Å². The van der Waals surface area contributed by atoms with Crippen LogP contribution in [-0.4, -0.2) is 4.98 Å². The number of aromatic nitrogens is 1. The van der Waals surface area contributed by atoms with E-state index < -0.39 is 0 Å². The minimum Gasteiger partial charge on any atom is -0.359 e. The number of aromatic amines is 1. The molecule has 0 aliphatic rings. The topological polar surface area (TPSA) is 40.5 Å². The molecule has 1 N–H and O–H groups in total. The predicted molar refractivity (Wildman–Crippen MR) is 78.4 cm³/mol. The largest absolute Gasteiger partial charge is 0.359 e. The van der Waals surface area contributed by atoms with Crippen LogP contribution >= 0.6 is 0 Å². The zero-order valence-corrected chi connectivity index (χ0v) is 11.0. The van der Waals surface area contributed by atoms with Gasteiger partial charge in [0.2, 0.25) is 0 Å². The molecule has 0 unspecified atom stereocenters. The number of nitrogens with zero attached hydrogens (tertiary/aromatic N) is 2. The summed E-state index contributed by atoms with van der Waals surface area (Å²) in [5, 5.41) is 9.79. The number of benzene rings is 2. The third-order valence-corrected chi connectivity index (χ3v) is 3.19. The summed E-state index contributed by atoms with van der Waals surface area (Å²) >= 11 is 0. The maximum absolute atomic E-state index is 4.35. The Morgan fingerprint density at radius 3 is 2.53 bits per heavy atom. The highest BCUT2D eigenvalue weighted by molar-refractivity contribution is 5.90. The average Bonchev–Trinajstić information content (AvgIpc) is 2.81. The average molecular weight is 249 g/mol. The lowest BCUT2D eigenvalue weighted by Gasteiger charge is -1.99. The van der Waals surface area contributed by atoms with E-state index in [1.54, 1.807) is 0 Å². The van der Waals surface area contributed by atoms with Crippen LogP contribution in [0.1, 0.15) is 11.1 Å². The van der Waals surface area contributed by atoms with Gasteiger partial charge in [0.15, 0.2) is 0 Å². The minimum atomic E-state index is 0.871. The first kappa shape index (κ1) is 11.7. The summed E-state index contributed by atoms with van der Waals surface area (Å²) in [5.41, 5.74) is 5.25. The van der Waals surface area contributed by atoms with Crippen LogP contribution in [-0.2, 0) is 0 Å². The maximum atomic E-state index is 4.35. The van der Waals surface area contributed by atoms with Crippen LogP contribution in [0.15, 0.2) is 58.9 Å². The van der Waals surface area contributed by atoms with E-state index in [9.17, 15) is 0 Å². The van der Waals surface area contributed by atoms with Gasteiger partial charge in [-0.25, -0.2) is 0 Å². The molecule has 1 heterocycles. The standard InChI is InChI=1S/C16H15N3/c1-11-7-8-14(12(2)9-11)18-19-16-10-17-15-6-4-3-5-13(15)16/h3-10,17H,1-2H3. The molecule has 3 rings (SSSR count). The number of para-hydroxylation sites is 1. The lowest BCUT2D eigenvalue weighted by molar-refractivity contribution is 1.21. The van der Waals surface area contributed by atoms with Crippen LogP contribution < -0.4 is 0 Å². The third-order valence-electron chi connectivity index (χ3n) is 3.19. The zero-order valence-electron chi connectivity index (χ0n) is 11.0. The first-order valence-electron chi connectivity index (χ1n) is 6.29. The number of azo groups is 1. The van der Waals surface area contributed by atoms with Crippen LogP contribution in [0.2, 0.25) is 0 Å². The molecular formula is C16H15N3. The van der Waals surface area contributed by atoms with E-state index >= 15 is 0 Å². The highest BCUT2D eigenvalue weighted by Gasteiger charge is 2.01. The highest BCUT2D eigenvalue weighted by atomic mass is 15.1. The molecule has 1 aromatic heterocycles. The molecule has 19 heavy (non-hydrogen) atoms. The van der Waals surface area contributed by atoms with Gasteiger partial charge in [0.05, 0.1) is 5.69 Å². The fourth-order valence-electron chi connectivity index (χ4n) is 2.16. The number of hydrogen-bond acceptors (Lipinski definition) is 2. The molecule has 0 bridgehead atoms. The third kappa shape index (κ3) is 2.27. The molecule has 0 spiro atoms. The van der Waals surface area contributed by atoms with Crippen molar-refractivity contribution in [3.05, 3.63) is 59.8 Å². The Morgan fingerprint density at radius 1 is 0.895 bits per heavy atom. The van der Waals surface area contributed by atoms with Crippen LogP contribution in [0.3, 0.4) is 0 Å². The summed E-state index contributed by atoms with van der Waals surface area (Å²) in [5.74, 6) is 0. The van der Waals surface area contributed by atoms with Gasteiger partial charge < -0.3 is 4.98 Å². The van der Waals surface area contributed by atoms with Gasteiger partial charge in [0.1, 0.15) is 5.69 Å². The van der Waals surface area contributed by atoms with Crippen LogP contribution in [0.25, 0.3) is 10.9 Å². The second-order valence-corrected chi connectivity index (χ2v) is 4.71. The van der Waals surface area contributed by atoms with Crippen LogP contribution in [0.4, 0.5) is 11.4 Å². The van der Waals surface area contributed by atoms with Crippen molar-refractivity contribution < 1.29 is 0 Å². The Kier molecular flexibility index (Phi) is 2.88. The molecule has 94 valence electrons. The van der Waals surface area contributed by atoms with Gasteiger partial charge in [-0.3, -0.25) is 0 Å². The molecule has 3 heteroatoms. The van der Waals surface area contributed by atoms with Gasteiger partial charge in [-0.05, 0) is 31.5 Å². The molecule has 0 saturated carbocycles. The number of nitrogens with one attached hydrogen (secondary N) is 1. The number of aryl methyl sites for hydroxylation is 2. The highest BCUT2D eigenvalue weighted by Crippen LogP contribution is 2.28. The van der Waals surface area contributed by atoms with Gasteiger partial charge in [0, 0.05) is 17.1 Å². The van der Waals surface area contributed by atoms with Crippen LogP contribution in [0.5, 0.6) is 0 Å². The molecule has 0 saturated heterocycles. The Morgan fingerprint density at radius 2 is 1.68 bits per heavy atom. The van der Waals surface area contributed by atoms with Crippen molar-refractivity contribution in [2.45, 2.75) is 13.8 Å². The Balaban J connectivity index is 1.98. The minimum absolute atomic E-state index is 0.871. The first-order valence-corrected chi connectivity index (χ1v) is 6.29. The van der Waals surface area contributed by atoms with Gasteiger partial charge in [-0.2, -0.15) is 5.11 Å². The number of rotatable bonds is 2. The van der Waals surface area contributed by atoms with Gasteiger partial charge in [-0.1, -0.05) is 35.9 Å². The lowest BCUT2D eigenvalue weighted by atomic mass is 10.1. The van der Waals surface area contributed by atoms with Crippen molar-refractivity contribution in [2.75, 3.05) is 0 Å². The van der Waals surface area contributed by atoms with Gasteiger partial charge in [-0.15, -0.1) is 5.11 Å². The van der Waals surface area contributed by atoms with Crippen molar-refractivity contribution in [3.8, 4) is 0 Å². The number of H-pyrrole nitrogens is 1. The second kappa shape index (κ2) is 4.69. The molecule has 0 amide bonds. The van der Waals surface area contributed by atoms with E-state index in [2.05, 4.69) is 41.2 Å². The second-order valence-electron chi connectivity index (χ2n) is 4.71. The summed E-state index contributed by atoms with van der Waals surface area (Å²) in [6.07, 6.45) is 1.89. The first-order chi connectivity index (χ1) is 9.24. The molecular weight excluding hydrogens is 234 g/mol. The van der Waals surface area contributed by atoms with E-state index in [1.807, 2.05) is 36.5 Å². The molecule has 3 nitrogen and oxygen atoms in total. The Labute approximate surface area is 112 Å². The smallest absolute Gasteiger partial charge is 0.111 e. The van der Waals surface area contributed by atoms with E-state index in [0.717, 1.165) is 27.8 Å². The summed E-state index contributed by atoms with van der Waals surface area (Å²) in [4.78, 5) is 3.19. The molecule has 0 fully saturated rings. The fraction of sp³-hybridized carbons (Fsp3) is 0.125. The van der Waals surface area contributed by atoms with E-state index in [4.69, 9.17) is 0 Å². The van der Waals surface area contributed by atoms with E-state index in [1.165, 1.54) is 5.56 Å². The fourth-order valence-corrected chi connectivity index (χ4v) is 2.16. The molecule has 2 aromatic carbocycles. The normalized spacial score (nSPS) is 11.5. The Hall–Kier alpha value is -2.42. The zero-order chi connectivity index (χ0) is 13.2. The summed E-state index contributed by atoms with van der Waals surface area (Å²) in [6, 6.07) is 14.3. The van der Waals surface area contributed by atoms with Crippen LogP contribution in [0, 0.1) is 13.8 Å². The van der Waals surface area contributed by atoms with Gasteiger partial charge >= 0.3 is 0 Å². The van der Waals surface area contributed by atoms with E-state index in [0.29, 0.717) is 0 Å². The molecule has 0 radical (unpaired) electrons. The number of hydrogen-bond donors (Lipinski definition) is 1. The summed E-state index contributed by atoms with van der Waals surface area (Å²) in [6.45, 7) is 4.13. The van der Waals surface area contributed by atoms with E-state index in [-0.39, 0.29) is 0 Å². The van der Waals surface area contributed by atoms with Crippen molar-refractivity contribution in [3.63, 3.8) is 0 Å². The quantitative estimate of drug-likeness (QED) is 0.606. The molecule has 0 atom stereocenters. The van der Waals surface area contributed by atoms with Crippen molar-refractivity contribution in [2.24, 2.45) is 10.2 Å². The van der Waals surface area contributed by atoms with Gasteiger partial charge in [0.25, 0.3) is 0 Å². The lowest BCUT2D eigenvalue weighted by Crippen LogP contribution is -1.76. The predicted octanol–water partition coefficient (Wildman–Crippen LogP) is 5.20. The summed E-state index contributed by atoms with van der Waals surface area (Å²) in [7, 11) is 0. The SMILES string of the molecule is Cc1ccc(N=Nc2c[nH]c3ccccc23)c(C)c1.